The normalized spacial score (nSPS) is 12.2. The fourth-order valence-electron chi connectivity index (χ4n) is 3.45. The Bertz CT molecular complexity index is 864. The van der Waals surface area contributed by atoms with Crippen molar-refractivity contribution >= 4 is 30.3 Å². The number of ether oxygens (including phenoxy) is 1. The maximum absolute atomic E-state index is 13.0. The molecule has 0 aliphatic rings. The zero-order valence-electron chi connectivity index (χ0n) is 19.1. The van der Waals surface area contributed by atoms with E-state index in [9.17, 15) is 19.5 Å². The van der Waals surface area contributed by atoms with E-state index in [-0.39, 0.29) is 31.5 Å². The maximum atomic E-state index is 13.0. The van der Waals surface area contributed by atoms with Crippen molar-refractivity contribution in [3.8, 4) is 0 Å². The average Bonchev–Trinajstić information content (AvgIpc) is 2.80. The van der Waals surface area contributed by atoms with Crippen LogP contribution in [0.25, 0.3) is 0 Å². The fraction of sp³-hybridized carbons (Fsp3) is 0.400. The number of carboxylic acid groups (broad SMARTS) is 1. The number of hydrogen-bond acceptors (Lipinski definition) is 5. The van der Waals surface area contributed by atoms with E-state index in [4.69, 9.17) is 4.74 Å². The van der Waals surface area contributed by atoms with Crippen molar-refractivity contribution in [2.24, 2.45) is 0 Å². The molecule has 0 saturated carbocycles. The van der Waals surface area contributed by atoms with Gasteiger partial charge in [-0.1, -0.05) is 60.7 Å². The van der Waals surface area contributed by atoms with Crippen LogP contribution in [0.5, 0.6) is 0 Å². The summed E-state index contributed by atoms with van der Waals surface area (Å²) in [4.78, 5) is 38.2. The highest BCUT2D eigenvalue weighted by molar-refractivity contribution is 5.86. The predicted molar refractivity (Wildman–Crippen MR) is 129 cm³/mol. The Hall–Kier alpha value is -2.90. The molecule has 0 heterocycles. The summed E-state index contributed by atoms with van der Waals surface area (Å²) in [7, 11) is 0. The average molecular weight is 477 g/mol. The van der Waals surface area contributed by atoms with Crippen LogP contribution in [-0.2, 0) is 32.0 Å². The Morgan fingerprint density at radius 3 is 2.03 bits per heavy atom. The minimum atomic E-state index is -1.08. The minimum Gasteiger partial charge on any atom is -0.480 e. The lowest BCUT2D eigenvalue weighted by molar-refractivity contribution is -0.148. The highest BCUT2D eigenvalue weighted by Gasteiger charge is 2.28. The van der Waals surface area contributed by atoms with Crippen LogP contribution in [0.2, 0.25) is 0 Å². The van der Waals surface area contributed by atoms with Crippen molar-refractivity contribution in [2.45, 2.75) is 45.2 Å². The number of rotatable bonds is 13. The van der Waals surface area contributed by atoms with E-state index >= 15 is 0 Å². The van der Waals surface area contributed by atoms with Crippen molar-refractivity contribution in [2.75, 3.05) is 19.7 Å². The molecule has 0 radical (unpaired) electrons. The molecule has 0 aromatic heterocycles. The first-order chi connectivity index (χ1) is 15.4. The molecule has 2 atom stereocenters. The maximum Gasteiger partial charge on any atom is 0.323 e. The van der Waals surface area contributed by atoms with Crippen molar-refractivity contribution in [1.82, 2.24) is 10.2 Å². The molecule has 0 bridgehead atoms. The molecule has 0 aliphatic heterocycles. The predicted octanol–water partition coefficient (Wildman–Crippen LogP) is 3.11. The Labute approximate surface area is 201 Å². The number of benzene rings is 2. The second-order valence-electron chi connectivity index (χ2n) is 7.61. The van der Waals surface area contributed by atoms with Crippen LogP contribution in [-0.4, -0.2) is 59.6 Å². The summed E-state index contributed by atoms with van der Waals surface area (Å²) in [6, 6.07) is 17.9. The Morgan fingerprint density at radius 1 is 0.970 bits per heavy atom. The van der Waals surface area contributed by atoms with Crippen LogP contribution in [0.3, 0.4) is 0 Å². The minimum absolute atomic E-state index is 0. The number of halogens is 1. The Balaban J connectivity index is 0.00000544. The van der Waals surface area contributed by atoms with E-state index in [2.05, 4.69) is 5.32 Å². The monoisotopic (exact) mass is 476 g/mol. The van der Waals surface area contributed by atoms with Crippen LogP contribution in [0.15, 0.2) is 60.7 Å². The summed E-state index contributed by atoms with van der Waals surface area (Å²) in [5.74, 6) is -1.86. The SMILES string of the molecule is CCOC(=O)[C@H](CCc1ccccc1)N[C@@H](C)C(=O)N(CCc1ccccc1)CC(=O)O.Cl. The van der Waals surface area contributed by atoms with Gasteiger partial charge in [-0.3, -0.25) is 19.7 Å². The second kappa shape index (κ2) is 15.0. The molecule has 0 fully saturated rings. The van der Waals surface area contributed by atoms with Gasteiger partial charge in [-0.05, 0) is 44.2 Å². The van der Waals surface area contributed by atoms with Gasteiger partial charge in [-0.2, -0.15) is 0 Å². The number of carbonyl (C=O) groups is 3. The number of aliphatic carboxylic acids is 1. The third-order valence-corrected chi connectivity index (χ3v) is 5.11. The van der Waals surface area contributed by atoms with Gasteiger partial charge in [-0.15, -0.1) is 12.4 Å². The van der Waals surface area contributed by atoms with Gasteiger partial charge >= 0.3 is 11.9 Å². The molecular weight excluding hydrogens is 444 g/mol. The Morgan fingerprint density at radius 2 is 1.52 bits per heavy atom. The van der Waals surface area contributed by atoms with Gasteiger partial charge in [0.05, 0.1) is 12.6 Å². The molecule has 0 aliphatic carbocycles. The molecular formula is C25H33ClN2O5. The third-order valence-electron chi connectivity index (χ3n) is 5.11. The van der Waals surface area contributed by atoms with E-state index < -0.39 is 30.6 Å². The number of hydrogen-bond donors (Lipinski definition) is 2. The van der Waals surface area contributed by atoms with Crippen LogP contribution in [0.1, 0.15) is 31.4 Å². The van der Waals surface area contributed by atoms with Crippen LogP contribution in [0.4, 0.5) is 0 Å². The van der Waals surface area contributed by atoms with Gasteiger partial charge in [-0.25, -0.2) is 0 Å². The summed E-state index contributed by atoms with van der Waals surface area (Å²) < 4.78 is 5.18. The summed E-state index contributed by atoms with van der Waals surface area (Å²) in [6.07, 6.45) is 1.65. The summed E-state index contributed by atoms with van der Waals surface area (Å²) in [6.45, 7) is 3.50. The molecule has 8 heteroatoms. The van der Waals surface area contributed by atoms with Gasteiger partial charge in [0.15, 0.2) is 0 Å². The van der Waals surface area contributed by atoms with Crippen molar-refractivity contribution < 1.29 is 24.2 Å². The number of nitrogens with one attached hydrogen (secondary N) is 1. The highest BCUT2D eigenvalue weighted by Crippen LogP contribution is 2.09. The molecule has 2 aromatic rings. The van der Waals surface area contributed by atoms with Crippen LogP contribution < -0.4 is 5.32 Å². The molecule has 0 unspecified atom stereocenters. The molecule has 180 valence electrons. The molecule has 0 spiro atoms. The number of carbonyl (C=O) groups excluding carboxylic acids is 2. The Kier molecular flexibility index (Phi) is 12.8. The summed E-state index contributed by atoms with van der Waals surface area (Å²) >= 11 is 0. The first kappa shape index (κ1) is 28.1. The topological polar surface area (TPSA) is 95.9 Å². The second-order valence-corrected chi connectivity index (χ2v) is 7.61. The quantitative estimate of drug-likeness (QED) is 0.431. The molecule has 0 saturated heterocycles. The lowest BCUT2D eigenvalue weighted by Crippen LogP contribution is -2.52. The molecule has 1 amide bonds. The third kappa shape index (κ3) is 10.1. The van der Waals surface area contributed by atoms with E-state index in [0.717, 1.165) is 11.1 Å². The van der Waals surface area contributed by atoms with Gasteiger partial charge in [0.25, 0.3) is 0 Å². The number of nitrogens with zero attached hydrogens (tertiary/aromatic N) is 1. The summed E-state index contributed by atoms with van der Waals surface area (Å²) in [5, 5.41) is 12.3. The van der Waals surface area contributed by atoms with Gasteiger partial charge in [0, 0.05) is 6.54 Å². The largest absolute Gasteiger partial charge is 0.480 e. The van der Waals surface area contributed by atoms with Crippen molar-refractivity contribution in [3.63, 3.8) is 0 Å². The van der Waals surface area contributed by atoms with Crippen LogP contribution in [0, 0.1) is 0 Å². The van der Waals surface area contributed by atoms with Crippen molar-refractivity contribution in [3.05, 3.63) is 71.8 Å². The van der Waals surface area contributed by atoms with Gasteiger partial charge in [0.2, 0.25) is 5.91 Å². The molecule has 2 aromatic carbocycles. The lowest BCUT2D eigenvalue weighted by Gasteiger charge is -2.27. The zero-order valence-corrected chi connectivity index (χ0v) is 19.9. The van der Waals surface area contributed by atoms with E-state index in [0.29, 0.717) is 19.3 Å². The smallest absolute Gasteiger partial charge is 0.323 e. The van der Waals surface area contributed by atoms with Crippen LogP contribution >= 0.6 is 12.4 Å². The van der Waals surface area contributed by atoms with E-state index in [1.54, 1.807) is 13.8 Å². The number of esters is 1. The first-order valence-electron chi connectivity index (χ1n) is 10.9. The van der Waals surface area contributed by atoms with E-state index in [1.807, 2.05) is 60.7 Å². The molecule has 2 rings (SSSR count). The molecule has 7 nitrogen and oxygen atoms in total. The zero-order chi connectivity index (χ0) is 23.3. The number of amides is 1. The summed E-state index contributed by atoms with van der Waals surface area (Å²) in [5.41, 5.74) is 2.10. The molecule has 2 N–H and O–H groups in total. The van der Waals surface area contributed by atoms with Gasteiger partial charge in [0.1, 0.15) is 12.6 Å². The standard InChI is InChI=1S/C25H32N2O5.ClH/c1-3-32-25(31)22(15-14-20-10-6-4-7-11-20)26-19(2)24(30)27(18-23(28)29)17-16-21-12-8-5-9-13-21;/h4-13,19,22,26H,3,14-18H2,1-2H3,(H,28,29);1H/t19-,22-;/m0./s1. The fourth-order valence-corrected chi connectivity index (χ4v) is 3.45. The van der Waals surface area contributed by atoms with Crippen molar-refractivity contribution in [1.29, 1.82) is 0 Å². The number of aryl methyl sites for hydroxylation is 1. The lowest BCUT2D eigenvalue weighted by atomic mass is 10.0. The number of carboxylic acids is 1. The molecule has 33 heavy (non-hydrogen) atoms. The highest BCUT2D eigenvalue weighted by atomic mass is 35.5. The van der Waals surface area contributed by atoms with E-state index in [1.165, 1.54) is 4.90 Å². The van der Waals surface area contributed by atoms with Gasteiger partial charge < -0.3 is 14.7 Å². The first-order valence-corrected chi connectivity index (χ1v) is 10.9.